The number of hydrogen-bond acceptors (Lipinski definition) is 2. The van der Waals surface area contributed by atoms with E-state index in [2.05, 4.69) is 0 Å². The van der Waals surface area contributed by atoms with E-state index in [1.807, 2.05) is 67.6 Å². The predicted molar refractivity (Wildman–Crippen MR) is 88.5 cm³/mol. The summed E-state index contributed by atoms with van der Waals surface area (Å²) in [6.07, 6.45) is 2.79. The van der Waals surface area contributed by atoms with Crippen molar-refractivity contribution in [3.8, 4) is 0 Å². The van der Waals surface area contributed by atoms with E-state index >= 15 is 0 Å². The van der Waals surface area contributed by atoms with Crippen molar-refractivity contribution in [1.82, 2.24) is 0 Å². The molecule has 0 amide bonds. The lowest BCUT2D eigenvalue weighted by Gasteiger charge is -2.28. The maximum absolute atomic E-state index is 12.4. The van der Waals surface area contributed by atoms with Gasteiger partial charge in [-0.2, -0.15) is 0 Å². The van der Waals surface area contributed by atoms with Gasteiger partial charge in [0.1, 0.15) is 5.76 Å². The van der Waals surface area contributed by atoms with Gasteiger partial charge in [0.05, 0.1) is 5.92 Å². The number of halogens is 1. The van der Waals surface area contributed by atoms with Crippen molar-refractivity contribution >= 4 is 23.3 Å². The maximum atomic E-state index is 12.4. The summed E-state index contributed by atoms with van der Waals surface area (Å²) >= 11 is 5.97. The standard InChI is InChI=1S/C19H17ClO2/c1-2-16-17(13-8-10-15(20)11-9-13)12-18(22-19(16)21)14-6-4-3-5-7-14/h3-12,16-17H,2H2,1H3. The van der Waals surface area contributed by atoms with Gasteiger partial charge in [-0.3, -0.25) is 4.79 Å². The Labute approximate surface area is 135 Å². The minimum Gasteiger partial charge on any atom is -0.426 e. The van der Waals surface area contributed by atoms with Gasteiger partial charge in [0, 0.05) is 16.5 Å². The van der Waals surface area contributed by atoms with E-state index < -0.39 is 0 Å². The first-order chi connectivity index (χ1) is 10.7. The van der Waals surface area contributed by atoms with Crippen LogP contribution in [0.3, 0.4) is 0 Å². The summed E-state index contributed by atoms with van der Waals surface area (Å²) in [7, 11) is 0. The summed E-state index contributed by atoms with van der Waals surface area (Å²) in [4.78, 5) is 12.4. The highest BCUT2D eigenvalue weighted by atomic mass is 35.5. The average molecular weight is 313 g/mol. The number of benzene rings is 2. The molecule has 2 unspecified atom stereocenters. The van der Waals surface area contributed by atoms with Crippen molar-refractivity contribution in [2.24, 2.45) is 5.92 Å². The molecule has 0 spiro atoms. The third kappa shape index (κ3) is 2.93. The lowest BCUT2D eigenvalue weighted by atomic mass is 9.82. The largest absolute Gasteiger partial charge is 0.426 e. The second kappa shape index (κ2) is 6.37. The smallest absolute Gasteiger partial charge is 0.315 e. The average Bonchev–Trinajstić information content (AvgIpc) is 2.55. The van der Waals surface area contributed by atoms with Crippen LogP contribution in [0.2, 0.25) is 5.02 Å². The Kier molecular flexibility index (Phi) is 4.30. The zero-order chi connectivity index (χ0) is 15.5. The van der Waals surface area contributed by atoms with E-state index in [0.717, 1.165) is 17.5 Å². The molecule has 22 heavy (non-hydrogen) atoms. The van der Waals surface area contributed by atoms with Crippen molar-refractivity contribution in [2.45, 2.75) is 19.3 Å². The van der Waals surface area contributed by atoms with E-state index in [1.54, 1.807) is 0 Å². The summed E-state index contributed by atoms with van der Waals surface area (Å²) in [5.41, 5.74) is 2.01. The van der Waals surface area contributed by atoms with E-state index in [-0.39, 0.29) is 17.8 Å². The van der Waals surface area contributed by atoms with E-state index in [4.69, 9.17) is 16.3 Å². The molecule has 0 saturated carbocycles. The zero-order valence-electron chi connectivity index (χ0n) is 12.3. The van der Waals surface area contributed by atoms with Gasteiger partial charge in [-0.15, -0.1) is 0 Å². The molecule has 0 fully saturated rings. The topological polar surface area (TPSA) is 26.3 Å². The van der Waals surface area contributed by atoms with Gasteiger partial charge < -0.3 is 4.74 Å². The number of carbonyl (C=O) groups excluding carboxylic acids is 1. The molecule has 2 nitrogen and oxygen atoms in total. The molecule has 1 heterocycles. The van der Waals surface area contributed by atoms with Crippen molar-refractivity contribution in [3.05, 3.63) is 76.8 Å². The molecule has 0 radical (unpaired) electrons. The number of allylic oxidation sites excluding steroid dienone is 1. The first-order valence-corrected chi connectivity index (χ1v) is 7.81. The van der Waals surface area contributed by atoms with E-state index in [0.29, 0.717) is 10.8 Å². The molecule has 0 N–H and O–H groups in total. The van der Waals surface area contributed by atoms with Crippen LogP contribution in [0.25, 0.3) is 5.76 Å². The molecule has 2 atom stereocenters. The minimum absolute atomic E-state index is 0.0127. The Bertz CT molecular complexity index is 689. The molecular weight excluding hydrogens is 296 g/mol. The highest BCUT2D eigenvalue weighted by Crippen LogP contribution is 2.38. The fourth-order valence-corrected chi connectivity index (χ4v) is 2.96. The fourth-order valence-electron chi connectivity index (χ4n) is 2.84. The van der Waals surface area contributed by atoms with Crippen LogP contribution in [0.4, 0.5) is 0 Å². The van der Waals surface area contributed by atoms with E-state index in [9.17, 15) is 4.79 Å². The number of rotatable bonds is 3. The summed E-state index contributed by atoms with van der Waals surface area (Å²) in [6.45, 7) is 2.01. The summed E-state index contributed by atoms with van der Waals surface area (Å²) in [5.74, 6) is 0.325. The molecule has 0 aromatic heterocycles. The van der Waals surface area contributed by atoms with Crippen LogP contribution in [-0.2, 0) is 9.53 Å². The van der Waals surface area contributed by atoms with Gasteiger partial charge in [0.15, 0.2) is 0 Å². The summed E-state index contributed by atoms with van der Waals surface area (Å²) in [5, 5.41) is 0.697. The Balaban J connectivity index is 2.03. The molecule has 0 bridgehead atoms. The van der Waals surface area contributed by atoms with Gasteiger partial charge >= 0.3 is 5.97 Å². The Morgan fingerprint density at radius 2 is 1.73 bits per heavy atom. The summed E-state index contributed by atoms with van der Waals surface area (Å²) in [6, 6.07) is 17.4. The predicted octanol–water partition coefficient (Wildman–Crippen LogP) is 5.05. The first kappa shape index (κ1) is 14.9. The van der Waals surface area contributed by atoms with Crippen molar-refractivity contribution < 1.29 is 9.53 Å². The molecule has 3 rings (SSSR count). The third-order valence-electron chi connectivity index (χ3n) is 4.03. The van der Waals surface area contributed by atoms with Crippen LogP contribution in [0.5, 0.6) is 0 Å². The van der Waals surface area contributed by atoms with Gasteiger partial charge in [0.25, 0.3) is 0 Å². The lowest BCUT2D eigenvalue weighted by molar-refractivity contribution is -0.142. The van der Waals surface area contributed by atoms with Crippen LogP contribution >= 0.6 is 11.6 Å². The van der Waals surface area contributed by atoms with Crippen LogP contribution in [-0.4, -0.2) is 5.97 Å². The normalized spacial score (nSPS) is 21.2. The summed E-state index contributed by atoms with van der Waals surface area (Å²) < 4.78 is 5.55. The Morgan fingerprint density at radius 3 is 2.36 bits per heavy atom. The Morgan fingerprint density at radius 1 is 1.05 bits per heavy atom. The molecule has 3 heteroatoms. The third-order valence-corrected chi connectivity index (χ3v) is 4.28. The fraction of sp³-hybridized carbons (Fsp3) is 0.211. The molecule has 1 aliphatic rings. The number of carbonyl (C=O) groups is 1. The first-order valence-electron chi connectivity index (χ1n) is 7.43. The molecular formula is C19H17ClO2. The molecule has 0 saturated heterocycles. The highest BCUT2D eigenvalue weighted by molar-refractivity contribution is 6.30. The highest BCUT2D eigenvalue weighted by Gasteiger charge is 2.33. The second-order valence-electron chi connectivity index (χ2n) is 5.41. The van der Waals surface area contributed by atoms with Crippen LogP contribution in [0, 0.1) is 5.92 Å². The van der Waals surface area contributed by atoms with Crippen molar-refractivity contribution in [1.29, 1.82) is 0 Å². The number of hydrogen-bond donors (Lipinski definition) is 0. The number of esters is 1. The maximum Gasteiger partial charge on any atom is 0.315 e. The van der Waals surface area contributed by atoms with Crippen molar-refractivity contribution in [3.63, 3.8) is 0 Å². The Hall–Kier alpha value is -2.06. The van der Waals surface area contributed by atoms with Crippen LogP contribution < -0.4 is 0 Å². The molecule has 112 valence electrons. The number of cyclic esters (lactones) is 1. The molecule has 1 aliphatic heterocycles. The molecule has 2 aromatic rings. The van der Waals surface area contributed by atoms with Crippen LogP contribution in [0.15, 0.2) is 60.7 Å². The minimum atomic E-state index is -0.163. The molecule has 0 aliphatic carbocycles. The van der Waals surface area contributed by atoms with Gasteiger partial charge in [-0.1, -0.05) is 61.0 Å². The zero-order valence-corrected chi connectivity index (χ0v) is 13.1. The monoisotopic (exact) mass is 312 g/mol. The SMILES string of the molecule is CCC1C(=O)OC(c2ccccc2)=CC1c1ccc(Cl)cc1. The van der Waals surface area contributed by atoms with Gasteiger partial charge in [0.2, 0.25) is 0 Å². The van der Waals surface area contributed by atoms with Crippen molar-refractivity contribution in [2.75, 3.05) is 0 Å². The lowest BCUT2D eigenvalue weighted by Crippen LogP contribution is -2.27. The van der Waals surface area contributed by atoms with Crippen LogP contribution in [0.1, 0.15) is 30.4 Å². The van der Waals surface area contributed by atoms with Gasteiger partial charge in [-0.25, -0.2) is 0 Å². The van der Waals surface area contributed by atoms with E-state index in [1.165, 1.54) is 0 Å². The quantitative estimate of drug-likeness (QED) is 0.741. The molecule has 2 aromatic carbocycles. The number of ether oxygens (including phenoxy) is 1. The van der Waals surface area contributed by atoms with Gasteiger partial charge in [-0.05, 0) is 30.2 Å². The second-order valence-corrected chi connectivity index (χ2v) is 5.85.